The number of likely N-dealkylation sites (tertiary alicyclic amines) is 1. The van der Waals surface area contributed by atoms with Gasteiger partial charge in [-0.05, 0) is 58.0 Å². The summed E-state index contributed by atoms with van der Waals surface area (Å²) in [5, 5.41) is 10.7. The van der Waals surface area contributed by atoms with Gasteiger partial charge in [0.2, 0.25) is 0 Å². The zero-order valence-electron chi connectivity index (χ0n) is 12.5. The molecule has 0 spiro atoms. The number of nitrogens with zero attached hydrogens (tertiary/aromatic N) is 1. The summed E-state index contributed by atoms with van der Waals surface area (Å²) in [6.07, 6.45) is 2.84. The molecule has 2 aliphatic heterocycles. The normalized spacial score (nSPS) is 28.2. The van der Waals surface area contributed by atoms with Gasteiger partial charge in [-0.1, -0.05) is 6.42 Å². The van der Waals surface area contributed by atoms with Gasteiger partial charge in [-0.15, -0.1) is 12.4 Å². The minimum atomic E-state index is -0.660. The van der Waals surface area contributed by atoms with Crippen LogP contribution < -0.4 is 4.74 Å². The van der Waals surface area contributed by atoms with Crippen molar-refractivity contribution >= 4 is 12.4 Å². The van der Waals surface area contributed by atoms with Crippen LogP contribution in [-0.2, 0) is 0 Å². The van der Waals surface area contributed by atoms with Crippen LogP contribution in [0.25, 0.3) is 0 Å². The fraction of sp³-hybridized carbons (Fsp3) is 0.625. The predicted octanol–water partition coefficient (Wildman–Crippen LogP) is 3.31. The van der Waals surface area contributed by atoms with Crippen molar-refractivity contribution in [2.45, 2.75) is 50.9 Å². The Labute approximate surface area is 131 Å². The number of fused-ring (bicyclic) bond motifs is 1. The standard InChI is InChI=1S/C16H22FNO2.ClH/c1-16(2)15(19)14(18-8-4-3-5-9-18)12-10-11(17)6-7-13(12)20-16;/h6-7,10,14-15,19H,3-5,8-9H2,1-2H3;1H/t14-,15+;/m1./s1. The Morgan fingerprint density at radius 1 is 1.24 bits per heavy atom. The van der Waals surface area contributed by atoms with E-state index in [0.29, 0.717) is 5.75 Å². The molecule has 0 unspecified atom stereocenters. The Kier molecular flexibility index (Phi) is 4.81. The molecule has 1 aromatic rings. The smallest absolute Gasteiger partial charge is 0.131 e. The first-order valence-corrected chi connectivity index (χ1v) is 7.39. The number of piperidine rings is 1. The van der Waals surface area contributed by atoms with Crippen LogP contribution in [0.5, 0.6) is 5.75 Å². The number of aliphatic hydroxyl groups excluding tert-OH is 1. The van der Waals surface area contributed by atoms with Crippen molar-refractivity contribution < 1.29 is 14.2 Å². The molecule has 0 amide bonds. The van der Waals surface area contributed by atoms with Crippen LogP contribution >= 0.6 is 12.4 Å². The number of halogens is 2. The summed E-state index contributed by atoms with van der Waals surface area (Å²) in [5.74, 6) is 0.415. The van der Waals surface area contributed by atoms with Crippen molar-refractivity contribution in [3.05, 3.63) is 29.6 Å². The van der Waals surface area contributed by atoms with E-state index in [4.69, 9.17) is 4.74 Å². The summed E-state index contributed by atoms with van der Waals surface area (Å²) in [6.45, 7) is 5.68. The molecule has 3 nitrogen and oxygen atoms in total. The lowest BCUT2D eigenvalue weighted by Crippen LogP contribution is -2.54. The molecule has 0 aliphatic carbocycles. The molecule has 1 fully saturated rings. The third kappa shape index (κ3) is 3.03. The molecule has 0 saturated carbocycles. The number of hydrogen-bond donors (Lipinski definition) is 1. The van der Waals surface area contributed by atoms with Crippen LogP contribution in [0.4, 0.5) is 4.39 Å². The first-order chi connectivity index (χ1) is 9.49. The molecule has 2 atom stereocenters. The number of hydrogen-bond acceptors (Lipinski definition) is 3. The van der Waals surface area contributed by atoms with Crippen LogP contribution in [0.1, 0.15) is 44.7 Å². The van der Waals surface area contributed by atoms with E-state index in [1.54, 1.807) is 6.07 Å². The lowest BCUT2D eigenvalue weighted by atomic mass is 9.84. The fourth-order valence-corrected chi connectivity index (χ4v) is 3.33. The first kappa shape index (κ1) is 16.5. The maximum absolute atomic E-state index is 13.6. The molecule has 118 valence electrons. The van der Waals surface area contributed by atoms with Crippen LogP contribution in [-0.4, -0.2) is 34.8 Å². The molecular formula is C16H23ClFNO2. The maximum atomic E-state index is 13.6. The van der Waals surface area contributed by atoms with E-state index in [1.807, 2.05) is 13.8 Å². The summed E-state index contributed by atoms with van der Waals surface area (Å²) in [7, 11) is 0. The summed E-state index contributed by atoms with van der Waals surface area (Å²) in [4.78, 5) is 2.27. The second-order valence-electron chi connectivity index (χ2n) is 6.37. The molecule has 2 aliphatic rings. The van der Waals surface area contributed by atoms with Gasteiger partial charge in [0.15, 0.2) is 0 Å². The summed E-state index contributed by atoms with van der Waals surface area (Å²) < 4.78 is 19.5. The van der Waals surface area contributed by atoms with Gasteiger partial charge in [0.05, 0.1) is 6.04 Å². The SMILES string of the molecule is CC1(C)Oc2ccc(F)cc2[C@@H](N2CCCCC2)[C@@H]1O.Cl. The molecular weight excluding hydrogens is 293 g/mol. The quantitative estimate of drug-likeness (QED) is 0.863. The molecule has 1 aromatic carbocycles. The number of ether oxygens (including phenoxy) is 1. The molecule has 1 saturated heterocycles. The molecule has 0 bridgehead atoms. The Bertz CT molecular complexity index is 503. The van der Waals surface area contributed by atoms with Crippen LogP contribution in [0, 0.1) is 5.82 Å². The van der Waals surface area contributed by atoms with Crippen molar-refractivity contribution in [3.63, 3.8) is 0 Å². The Morgan fingerprint density at radius 3 is 2.57 bits per heavy atom. The lowest BCUT2D eigenvalue weighted by Gasteiger charge is -2.47. The molecule has 0 aromatic heterocycles. The molecule has 2 heterocycles. The summed E-state index contributed by atoms with van der Waals surface area (Å²) in [5.41, 5.74) is 0.117. The number of rotatable bonds is 1. The van der Waals surface area contributed by atoms with Crippen LogP contribution in [0.15, 0.2) is 18.2 Å². The van der Waals surface area contributed by atoms with Gasteiger partial charge in [0.25, 0.3) is 0 Å². The Hall–Kier alpha value is -0.840. The van der Waals surface area contributed by atoms with Crippen molar-refractivity contribution in [1.29, 1.82) is 0 Å². The lowest BCUT2D eigenvalue weighted by molar-refractivity contribution is -0.0962. The average molecular weight is 316 g/mol. The van der Waals surface area contributed by atoms with E-state index in [0.717, 1.165) is 31.5 Å². The minimum absolute atomic E-state index is 0. The molecule has 1 N–H and O–H groups in total. The second kappa shape index (κ2) is 6.11. The minimum Gasteiger partial charge on any atom is -0.485 e. The van der Waals surface area contributed by atoms with Crippen LogP contribution in [0.2, 0.25) is 0 Å². The highest BCUT2D eigenvalue weighted by atomic mass is 35.5. The largest absolute Gasteiger partial charge is 0.485 e. The van der Waals surface area contributed by atoms with Crippen molar-refractivity contribution in [1.82, 2.24) is 4.90 Å². The first-order valence-electron chi connectivity index (χ1n) is 7.39. The molecule has 0 radical (unpaired) electrons. The number of aliphatic hydroxyl groups is 1. The molecule has 3 rings (SSSR count). The van der Waals surface area contributed by atoms with E-state index in [-0.39, 0.29) is 24.3 Å². The van der Waals surface area contributed by atoms with E-state index in [1.165, 1.54) is 18.6 Å². The molecule has 21 heavy (non-hydrogen) atoms. The van der Waals surface area contributed by atoms with Gasteiger partial charge < -0.3 is 9.84 Å². The highest BCUT2D eigenvalue weighted by molar-refractivity contribution is 5.85. The van der Waals surface area contributed by atoms with E-state index < -0.39 is 11.7 Å². The Morgan fingerprint density at radius 2 is 1.90 bits per heavy atom. The highest BCUT2D eigenvalue weighted by Gasteiger charge is 2.45. The van der Waals surface area contributed by atoms with Gasteiger partial charge in [0.1, 0.15) is 23.3 Å². The molecule has 5 heteroatoms. The highest BCUT2D eigenvalue weighted by Crippen LogP contribution is 2.43. The topological polar surface area (TPSA) is 32.7 Å². The summed E-state index contributed by atoms with van der Waals surface area (Å²) in [6, 6.07) is 4.42. The third-order valence-electron chi connectivity index (χ3n) is 4.46. The maximum Gasteiger partial charge on any atom is 0.131 e. The fourth-order valence-electron chi connectivity index (χ4n) is 3.33. The van der Waals surface area contributed by atoms with Crippen LogP contribution in [0.3, 0.4) is 0 Å². The zero-order valence-corrected chi connectivity index (χ0v) is 13.3. The van der Waals surface area contributed by atoms with Crippen molar-refractivity contribution in [2.75, 3.05) is 13.1 Å². The third-order valence-corrected chi connectivity index (χ3v) is 4.46. The monoisotopic (exact) mass is 315 g/mol. The van der Waals surface area contributed by atoms with Gasteiger partial charge in [0, 0.05) is 5.56 Å². The van der Waals surface area contributed by atoms with Crippen molar-refractivity contribution in [3.8, 4) is 5.75 Å². The van der Waals surface area contributed by atoms with E-state index in [9.17, 15) is 9.50 Å². The zero-order chi connectivity index (χ0) is 14.3. The summed E-state index contributed by atoms with van der Waals surface area (Å²) >= 11 is 0. The predicted molar refractivity (Wildman–Crippen MR) is 82.5 cm³/mol. The van der Waals surface area contributed by atoms with Gasteiger partial charge in [-0.25, -0.2) is 4.39 Å². The Balaban J connectivity index is 0.00000161. The number of benzene rings is 1. The van der Waals surface area contributed by atoms with E-state index in [2.05, 4.69) is 4.90 Å². The average Bonchev–Trinajstić information content (AvgIpc) is 2.42. The van der Waals surface area contributed by atoms with Gasteiger partial charge in [-0.3, -0.25) is 4.90 Å². The van der Waals surface area contributed by atoms with Gasteiger partial charge in [-0.2, -0.15) is 0 Å². The van der Waals surface area contributed by atoms with Crippen molar-refractivity contribution in [2.24, 2.45) is 0 Å². The van der Waals surface area contributed by atoms with Gasteiger partial charge >= 0.3 is 0 Å². The van der Waals surface area contributed by atoms with E-state index >= 15 is 0 Å². The second-order valence-corrected chi connectivity index (χ2v) is 6.37.